The Morgan fingerprint density at radius 1 is 1.13 bits per heavy atom. The fraction of sp³-hybridized carbons (Fsp3) is 0.818. The summed E-state index contributed by atoms with van der Waals surface area (Å²) in [5.41, 5.74) is 5.52. The van der Waals surface area contributed by atoms with Gasteiger partial charge in [0, 0.05) is 6.04 Å². The van der Waals surface area contributed by atoms with E-state index < -0.39 is 0 Å². The summed E-state index contributed by atoms with van der Waals surface area (Å²) in [6, 6.07) is 0.205. The number of nitrogens with two attached hydrogens (primary N) is 1. The number of hydrogen-bond donors (Lipinski definition) is 1. The van der Waals surface area contributed by atoms with Crippen molar-refractivity contribution >= 4 is 11.8 Å². The van der Waals surface area contributed by atoms with Gasteiger partial charge >= 0.3 is 0 Å². The third kappa shape index (κ3) is 1.11. The molecule has 82 valence electrons. The highest BCUT2D eigenvalue weighted by Gasteiger charge is 2.67. The van der Waals surface area contributed by atoms with Gasteiger partial charge in [-0.1, -0.05) is 12.8 Å². The number of carbonyl (C=O) groups excluding carboxylic acids is 2. The minimum Gasteiger partial charge on any atom is -0.330 e. The van der Waals surface area contributed by atoms with Crippen LogP contribution in [0.4, 0.5) is 0 Å². The first kappa shape index (κ1) is 9.33. The van der Waals surface area contributed by atoms with E-state index in [1.807, 2.05) is 0 Å². The van der Waals surface area contributed by atoms with Gasteiger partial charge < -0.3 is 5.73 Å². The second-order valence-corrected chi connectivity index (χ2v) is 4.94. The number of amides is 2. The van der Waals surface area contributed by atoms with Gasteiger partial charge in [0.2, 0.25) is 11.8 Å². The van der Waals surface area contributed by atoms with Gasteiger partial charge in [-0.05, 0) is 25.3 Å². The molecule has 2 amide bonds. The van der Waals surface area contributed by atoms with Crippen molar-refractivity contribution in [1.82, 2.24) is 4.90 Å². The Hall–Kier alpha value is -0.900. The van der Waals surface area contributed by atoms with Crippen molar-refractivity contribution in [3.8, 4) is 0 Å². The summed E-state index contributed by atoms with van der Waals surface area (Å²) in [5, 5.41) is 0. The molecule has 2 atom stereocenters. The van der Waals surface area contributed by atoms with E-state index in [9.17, 15) is 9.59 Å². The highest BCUT2D eigenvalue weighted by atomic mass is 16.2. The average Bonchev–Trinajstić information content (AvgIpc) is 2.60. The van der Waals surface area contributed by atoms with Crippen LogP contribution >= 0.6 is 0 Å². The van der Waals surface area contributed by atoms with Gasteiger partial charge in [0.1, 0.15) is 0 Å². The highest BCUT2D eigenvalue weighted by molar-refractivity contribution is 6.09. The molecule has 3 fully saturated rings. The Kier molecular flexibility index (Phi) is 1.89. The van der Waals surface area contributed by atoms with Gasteiger partial charge in [-0.25, -0.2) is 0 Å². The molecule has 0 aromatic rings. The third-order valence-corrected chi connectivity index (χ3v) is 4.18. The van der Waals surface area contributed by atoms with Gasteiger partial charge in [-0.2, -0.15) is 0 Å². The molecule has 0 aromatic heterocycles. The molecule has 4 heteroatoms. The van der Waals surface area contributed by atoms with E-state index >= 15 is 0 Å². The van der Waals surface area contributed by atoms with Crippen LogP contribution in [0, 0.1) is 17.8 Å². The monoisotopic (exact) mass is 208 g/mol. The molecule has 1 heterocycles. The van der Waals surface area contributed by atoms with Crippen LogP contribution in [-0.2, 0) is 9.59 Å². The van der Waals surface area contributed by atoms with Crippen molar-refractivity contribution in [2.75, 3.05) is 6.54 Å². The molecule has 1 saturated heterocycles. The fourth-order valence-corrected chi connectivity index (χ4v) is 3.29. The zero-order valence-electron chi connectivity index (χ0n) is 8.69. The number of rotatable bonds is 2. The van der Waals surface area contributed by atoms with Gasteiger partial charge in [0.15, 0.2) is 0 Å². The number of fused-ring (bicyclic) bond motifs is 1. The van der Waals surface area contributed by atoms with Crippen LogP contribution in [0.15, 0.2) is 0 Å². The Bertz CT molecular complexity index is 301. The molecule has 2 aliphatic carbocycles. The molecule has 0 aromatic carbocycles. The van der Waals surface area contributed by atoms with Gasteiger partial charge in [-0.15, -0.1) is 0 Å². The summed E-state index contributed by atoms with van der Waals surface area (Å²) in [7, 11) is 0. The molecule has 0 radical (unpaired) electrons. The van der Waals surface area contributed by atoms with Crippen molar-refractivity contribution in [1.29, 1.82) is 0 Å². The molecule has 1 aliphatic heterocycles. The van der Waals surface area contributed by atoms with Gasteiger partial charge in [0.05, 0.1) is 11.8 Å². The first-order valence-corrected chi connectivity index (χ1v) is 5.82. The first-order valence-electron chi connectivity index (χ1n) is 5.82. The minimum atomic E-state index is -0.0527. The van der Waals surface area contributed by atoms with E-state index in [-0.39, 0.29) is 35.6 Å². The lowest BCUT2D eigenvalue weighted by Crippen LogP contribution is -2.42. The van der Waals surface area contributed by atoms with Crippen molar-refractivity contribution in [2.24, 2.45) is 23.5 Å². The van der Waals surface area contributed by atoms with Crippen molar-refractivity contribution in [3.63, 3.8) is 0 Å². The molecule has 15 heavy (non-hydrogen) atoms. The normalized spacial score (nSPS) is 40.1. The second-order valence-electron chi connectivity index (χ2n) is 4.94. The molecule has 3 rings (SSSR count). The smallest absolute Gasteiger partial charge is 0.233 e. The van der Waals surface area contributed by atoms with Crippen molar-refractivity contribution in [2.45, 2.75) is 31.7 Å². The first-order chi connectivity index (χ1) is 7.25. The van der Waals surface area contributed by atoms with E-state index in [0.717, 1.165) is 25.7 Å². The zero-order chi connectivity index (χ0) is 10.6. The molecule has 4 nitrogen and oxygen atoms in total. The Labute approximate surface area is 88.8 Å². The summed E-state index contributed by atoms with van der Waals surface area (Å²) in [4.78, 5) is 25.5. The maximum Gasteiger partial charge on any atom is 0.233 e. The number of piperidine rings is 1. The molecule has 2 saturated carbocycles. The lowest BCUT2D eigenvalue weighted by atomic mass is 10.1. The Morgan fingerprint density at radius 3 is 2.13 bits per heavy atom. The summed E-state index contributed by atoms with van der Waals surface area (Å²) >= 11 is 0. The van der Waals surface area contributed by atoms with Crippen LogP contribution in [0.3, 0.4) is 0 Å². The lowest BCUT2D eigenvalue weighted by Gasteiger charge is -2.24. The Balaban J connectivity index is 1.78. The van der Waals surface area contributed by atoms with Crippen LogP contribution in [0.25, 0.3) is 0 Å². The van der Waals surface area contributed by atoms with E-state index in [2.05, 4.69) is 0 Å². The number of nitrogens with zero attached hydrogens (tertiary/aromatic N) is 1. The Morgan fingerprint density at radius 2 is 1.67 bits per heavy atom. The fourth-order valence-electron chi connectivity index (χ4n) is 3.29. The minimum absolute atomic E-state index is 0.0527. The third-order valence-electron chi connectivity index (χ3n) is 4.18. The summed E-state index contributed by atoms with van der Waals surface area (Å²) in [6.45, 7) is 0.478. The molecule has 2 N–H and O–H groups in total. The standard InChI is InChI=1S/C11H16N2O2/c12-5-7-8-9(7)11(15)13(10(8)14)6-3-1-2-4-6/h6-9H,1-5,12H2. The molecular weight excluding hydrogens is 192 g/mol. The van der Waals surface area contributed by atoms with E-state index in [1.165, 1.54) is 0 Å². The summed E-state index contributed by atoms with van der Waals surface area (Å²) in [6.07, 6.45) is 4.31. The molecule has 0 spiro atoms. The maximum atomic E-state index is 12.0. The van der Waals surface area contributed by atoms with Crippen LogP contribution in [-0.4, -0.2) is 29.3 Å². The second kappa shape index (κ2) is 3.04. The van der Waals surface area contributed by atoms with Gasteiger partial charge in [-0.3, -0.25) is 14.5 Å². The van der Waals surface area contributed by atoms with E-state index in [1.54, 1.807) is 4.90 Å². The number of hydrogen-bond acceptors (Lipinski definition) is 3. The number of imide groups is 1. The van der Waals surface area contributed by atoms with Crippen LogP contribution in [0.2, 0.25) is 0 Å². The predicted molar refractivity (Wildman–Crippen MR) is 53.6 cm³/mol. The maximum absolute atomic E-state index is 12.0. The SMILES string of the molecule is NCC1C2C(=O)N(C3CCCC3)C(=O)C12. The molecular formula is C11H16N2O2. The van der Waals surface area contributed by atoms with Crippen LogP contribution in [0.1, 0.15) is 25.7 Å². The lowest BCUT2D eigenvalue weighted by molar-refractivity contribution is -0.144. The average molecular weight is 208 g/mol. The van der Waals surface area contributed by atoms with E-state index in [4.69, 9.17) is 5.73 Å². The van der Waals surface area contributed by atoms with E-state index in [0.29, 0.717) is 6.54 Å². The highest BCUT2D eigenvalue weighted by Crippen LogP contribution is 2.53. The number of likely N-dealkylation sites (tertiary alicyclic amines) is 1. The van der Waals surface area contributed by atoms with Crippen molar-refractivity contribution in [3.05, 3.63) is 0 Å². The van der Waals surface area contributed by atoms with Gasteiger partial charge in [0.25, 0.3) is 0 Å². The molecule has 2 unspecified atom stereocenters. The quantitative estimate of drug-likeness (QED) is 0.655. The topological polar surface area (TPSA) is 63.4 Å². The molecule has 3 aliphatic rings. The van der Waals surface area contributed by atoms with Crippen LogP contribution in [0.5, 0.6) is 0 Å². The summed E-state index contributed by atoms with van der Waals surface area (Å²) < 4.78 is 0. The predicted octanol–water partition coefficient (Wildman–Crippen LogP) is 0.119. The zero-order valence-corrected chi connectivity index (χ0v) is 8.69. The molecule has 0 bridgehead atoms. The van der Waals surface area contributed by atoms with Crippen LogP contribution < -0.4 is 5.73 Å². The largest absolute Gasteiger partial charge is 0.330 e. The van der Waals surface area contributed by atoms with Crippen molar-refractivity contribution < 1.29 is 9.59 Å². The number of carbonyl (C=O) groups is 2. The summed E-state index contributed by atoms with van der Waals surface area (Å²) in [5.74, 6) is 0.175.